The van der Waals surface area contributed by atoms with Crippen LogP contribution in [0.5, 0.6) is 0 Å². The highest BCUT2D eigenvalue weighted by Gasteiger charge is 2.23. The van der Waals surface area contributed by atoms with Crippen LogP contribution < -0.4 is 9.62 Å². The van der Waals surface area contributed by atoms with Crippen molar-refractivity contribution in [3.8, 4) is 0 Å². The fraction of sp³-hybridized carbons (Fsp3) is 0.235. The van der Waals surface area contributed by atoms with Crippen molar-refractivity contribution < 1.29 is 13.2 Å². The molecule has 0 bridgehead atoms. The molecular formula is C17H18BrClN2O3S. The monoisotopic (exact) mass is 444 g/mol. The zero-order valence-electron chi connectivity index (χ0n) is 14.0. The third-order valence-electron chi connectivity index (χ3n) is 3.64. The molecule has 0 aliphatic carbocycles. The van der Waals surface area contributed by atoms with Crippen LogP contribution in [0, 0.1) is 13.8 Å². The third-order valence-corrected chi connectivity index (χ3v) is 6.06. The molecule has 0 aliphatic heterocycles. The molecular weight excluding hydrogens is 428 g/mol. The van der Waals surface area contributed by atoms with Gasteiger partial charge in [-0.2, -0.15) is 0 Å². The molecule has 0 atom stereocenters. The van der Waals surface area contributed by atoms with Crippen molar-refractivity contribution in [2.75, 3.05) is 22.4 Å². The van der Waals surface area contributed by atoms with Gasteiger partial charge in [0.1, 0.15) is 6.54 Å². The van der Waals surface area contributed by atoms with Gasteiger partial charge < -0.3 is 5.32 Å². The summed E-state index contributed by atoms with van der Waals surface area (Å²) in [5.41, 5.74) is 2.55. The molecule has 2 aromatic rings. The normalized spacial score (nSPS) is 11.2. The van der Waals surface area contributed by atoms with E-state index < -0.39 is 15.9 Å². The molecule has 134 valence electrons. The number of hydrogen-bond donors (Lipinski definition) is 1. The average Bonchev–Trinajstić information content (AvgIpc) is 2.51. The van der Waals surface area contributed by atoms with E-state index >= 15 is 0 Å². The van der Waals surface area contributed by atoms with Crippen molar-refractivity contribution >= 4 is 54.8 Å². The Balaban J connectivity index is 2.27. The Morgan fingerprint density at radius 2 is 1.92 bits per heavy atom. The van der Waals surface area contributed by atoms with Gasteiger partial charge in [0, 0.05) is 15.2 Å². The van der Waals surface area contributed by atoms with Crippen LogP contribution in [-0.2, 0) is 14.8 Å². The summed E-state index contributed by atoms with van der Waals surface area (Å²) in [7, 11) is -3.65. The highest BCUT2D eigenvalue weighted by molar-refractivity contribution is 9.10. The summed E-state index contributed by atoms with van der Waals surface area (Å²) >= 11 is 9.47. The van der Waals surface area contributed by atoms with E-state index in [0.717, 1.165) is 20.6 Å². The number of carbonyl (C=O) groups is 1. The van der Waals surface area contributed by atoms with Crippen LogP contribution in [0.15, 0.2) is 40.9 Å². The maximum absolute atomic E-state index is 12.4. The lowest BCUT2D eigenvalue weighted by Gasteiger charge is -2.24. The van der Waals surface area contributed by atoms with E-state index in [1.165, 1.54) is 0 Å². The Labute approximate surface area is 161 Å². The van der Waals surface area contributed by atoms with Gasteiger partial charge >= 0.3 is 0 Å². The van der Waals surface area contributed by atoms with E-state index in [0.29, 0.717) is 22.0 Å². The first kappa shape index (κ1) is 19.8. The number of halogens is 2. The minimum absolute atomic E-state index is 0.338. The minimum atomic E-state index is -3.65. The van der Waals surface area contributed by atoms with E-state index in [4.69, 9.17) is 11.6 Å². The zero-order valence-corrected chi connectivity index (χ0v) is 17.2. The predicted molar refractivity (Wildman–Crippen MR) is 106 cm³/mol. The first-order valence-corrected chi connectivity index (χ1v) is 10.4. The average molecular weight is 446 g/mol. The van der Waals surface area contributed by atoms with Gasteiger partial charge in [-0.05, 0) is 55.3 Å². The Hall–Kier alpha value is -1.57. The summed E-state index contributed by atoms with van der Waals surface area (Å²) in [6, 6.07) is 10.3. The van der Waals surface area contributed by atoms with Crippen LogP contribution in [0.2, 0.25) is 5.02 Å². The molecule has 0 saturated carbocycles. The quantitative estimate of drug-likeness (QED) is 0.752. The molecule has 0 spiro atoms. The van der Waals surface area contributed by atoms with Crippen molar-refractivity contribution in [3.05, 3.63) is 57.0 Å². The molecule has 0 unspecified atom stereocenters. The number of rotatable bonds is 5. The summed E-state index contributed by atoms with van der Waals surface area (Å²) in [6.07, 6.45) is 1.06. The van der Waals surface area contributed by atoms with Crippen LogP contribution in [0.3, 0.4) is 0 Å². The van der Waals surface area contributed by atoms with Gasteiger partial charge in [0.05, 0.1) is 11.9 Å². The lowest BCUT2D eigenvalue weighted by Crippen LogP contribution is -2.37. The molecule has 0 saturated heterocycles. The second kappa shape index (κ2) is 7.76. The van der Waals surface area contributed by atoms with E-state index in [1.807, 2.05) is 13.0 Å². The maximum atomic E-state index is 12.4. The highest BCUT2D eigenvalue weighted by Crippen LogP contribution is 2.28. The smallest absolute Gasteiger partial charge is 0.245 e. The Morgan fingerprint density at radius 3 is 2.52 bits per heavy atom. The Morgan fingerprint density at radius 1 is 1.24 bits per heavy atom. The second-order valence-electron chi connectivity index (χ2n) is 5.67. The Kier molecular flexibility index (Phi) is 6.13. The summed E-state index contributed by atoms with van der Waals surface area (Å²) < 4.78 is 26.3. The molecule has 0 aliphatic rings. The predicted octanol–water partition coefficient (Wildman–Crippen LogP) is 4.12. The van der Waals surface area contributed by atoms with Gasteiger partial charge in [-0.1, -0.05) is 33.6 Å². The first-order valence-electron chi connectivity index (χ1n) is 7.38. The molecule has 1 amide bonds. The minimum Gasteiger partial charge on any atom is -0.325 e. The summed E-state index contributed by atoms with van der Waals surface area (Å²) in [4.78, 5) is 12.4. The van der Waals surface area contributed by atoms with Crippen molar-refractivity contribution in [1.29, 1.82) is 0 Å². The van der Waals surface area contributed by atoms with Crippen LogP contribution in [0.1, 0.15) is 11.1 Å². The number of aryl methyl sites for hydroxylation is 1. The van der Waals surface area contributed by atoms with Crippen molar-refractivity contribution in [2.45, 2.75) is 13.8 Å². The third kappa shape index (κ3) is 4.96. The van der Waals surface area contributed by atoms with Gasteiger partial charge in [-0.25, -0.2) is 8.42 Å². The van der Waals surface area contributed by atoms with Crippen molar-refractivity contribution in [2.24, 2.45) is 0 Å². The summed E-state index contributed by atoms with van der Waals surface area (Å²) in [6.45, 7) is 3.28. The van der Waals surface area contributed by atoms with E-state index in [2.05, 4.69) is 21.2 Å². The van der Waals surface area contributed by atoms with Gasteiger partial charge in [0.25, 0.3) is 0 Å². The van der Waals surface area contributed by atoms with Crippen molar-refractivity contribution in [3.63, 3.8) is 0 Å². The van der Waals surface area contributed by atoms with Crippen LogP contribution in [0.25, 0.3) is 0 Å². The zero-order chi connectivity index (χ0) is 18.8. The molecule has 1 N–H and O–H groups in total. The molecule has 0 radical (unpaired) electrons. The number of nitrogens with one attached hydrogen (secondary N) is 1. The number of hydrogen-bond acceptors (Lipinski definition) is 3. The van der Waals surface area contributed by atoms with E-state index in [9.17, 15) is 13.2 Å². The fourth-order valence-electron chi connectivity index (χ4n) is 2.30. The lowest BCUT2D eigenvalue weighted by molar-refractivity contribution is -0.114. The SMILES string of the molecule is Cc1cc(NC(=O)CN(c2cccc(Cl)c2C)S(C)(=O)=O)ccc1Br. The number of carbonyl (C=O) groups excluding carboxylic acids is 1. The molecule has 5 nitrogen and oxygen atoms in total. The van der Waals surface area contributed by atoms with Gasteiger partial charge in [0.2, 0.25) is 15.9 Å². The molecule has 2 rings (SSSR count). The molecule has 0 fully saturated rings. The fourth-order valence-corrected chi connectivity index (χ4v) is 3.62. The van der Waals surface area contributed by atoms with Gasteiger partial charge in [-0.3, -0.25) is 9.10 Å². The highest BCUT2D eigenvalue weighted by atomic mass is 79.9. The molecule has 25 heavy (non-hydrogen) atoms. The van der Waals surface area contributed by atoms with E-state index in [1.54, 1.807) is 37.3 Å². The summed E-state index contributed by atoms with van der Waals surface area (Å²) in [5, 5.41) is 3.16. The van der Waals surface area contributed by atoms with Crippen LogP contribution in [0.4, 0.5) is 11.4 Å². The second-order valence-corrected chi connectivity index (χ2v) is 8.83. The number of sulfonamides is 1. The lowest BCUT2D eigenvalue weighted by atomic mass is 10.2. The molecule has 2 aromatic carbocycles. The van der Waals surface area contributed by atoms with Crippen LogP contribution in [-0.4, -0.2) is 27.1 Å². The topological polar surface area (TPSA) is 66.5 Å². The maximum Gasteiger partial charge on any atom is 0.245 e. The van der Waals surface area contributed by atoms with E-state index in [-0.39, 0.29) is 6.54 Å². The van der Waals surface area contributed by atoms with Gasteiger partial charge in [0.15, 0.2) is 0 Å². The standard InChI is InChI=1S/C17H18BrClN2O3S/c1-11-9-13(7-8-14(11)18)20-17(22)10-21(25(3,23)24)16-6-4-5-15(19)12(16)2/h4-9H,10H2,1-3H3,(H,20,22). The number of amides is 1. The number of nitrogens with zero attached hydrogens (tertiary/aromatic N) is 1. The summed E-state index contributed by atoms with van der Waals surface area (Å²) in [5.74, 6) is -0.438. The number of benzene rings is 2. The van der Waals surface area contributed by atoms with Crippen LogP contribution >= 0.6 is 27.5 Å². The van der Waals surface area contributed by atoms with Crippen molar-refractivity contribution in [1.82, 2.24) is 0 Å². The Bertz CT molecular complexity index is 916. The van der Waals surface area contributed by atoms with Gasteiger partial charge in [-0.15, -0.1) is 0 Å². The molecule has 8 heteroatoms. The number of anilines is 2. The molecule has 0 heterocycles. The molecule has 0 aromatic heterocycles. The first-order chi connectivity index (χ1) is 11.6. The largest absolute Gasteiger partial charge is 0.325 e.